The topological polar surface area (TPSA) is 90.7 Å². The third-order valence-corrected chi connectivity index (χ3v) is 6.11. The number of piperazine rings is 1. The number of rotatable bonds is 4. The Kier molecular flexibility index (Phi) is 5.45. The first-order valence-corrected chi connectivity index (χ1v) is 10.1. The molecule has 1 saturated carbocycles. The maximum absolute atomic E-state index is 12.9. The molecule has 0 spiro atoms. The molecule has 3 atom stereocenters. The average molecular weight is 375 g/mol. The van der Waals surface area contributed by atoms with Crippen LogP contribution in [0.5, 0.6) is 0 Å². The van der Waals surface area contributed by atoms with Crippen LogP contribution in [0.25, 0.3) is 0 Å². The maximum Gasteiger partial charge on any atom is 0.239 e. The smallest absolute Gasteiger partial charge is 0.239 e. The fraction of sp³-hybridized carbons (Fsp3) is 0.737. The summed E-state index contributed by atoms with van der Waals surface area (Å²) in [6.07, 6.45) is 6.04. The van der Waals surface area contributed by atoms with E-state index in [1.165, 1.54) is 25.7 Å². The van der Waals surface area contributed by atoms with Gasteiger partial charge in [0, 0.05) is 38.3 Å². The SMILES string of the molecule is Cc1cc(NC(=O)CN2CCN(C(=O)C3CC4CCCCC4N3)CC2)no1. The van der Waals surface area contributed by atoms with Gasteiger partial charge in [-0.25, -0.2) is 0 Å². The maximum atomic E-state index is 12.9. The molecule has 1 aromatic rings. The van der Waals surface area contributed by atoms with Crippen molar-refractivity contribution in [2.24, 2.45) is 5.92 Å². The minimum Gasteiger partial charge on any atom is -0.360 e. The van der Waals surface area contributed by atoms with Gasteiger partial charge in [0.1, 0.15) is 5.76 Å². The van der Waals surface area contributed by atoms with Crippen LogP contribution in [0, 0.1) is 12.8 Å². The Morgan fingerprint density at radius 3 is 2.74 bits per heavy atom. The molecular weight excluding hydrogens is 346 g/mol. The summed E-state index contributed by atoms with van der Waals surface area (Å²) in [7, 11) is 0. The first-order valence-electron chi connectivity index (χ1n) is 10.1. The molecule has 2 aliphatic heterocycles. The van der Waals surface area contributed by atoms with Crippen LogP contribution in [0.15, 0.2) is 10.6 Å². The van der Waals surface area contributed by atoms with Crippen LogP contribution in [0.3, 0.4) is 0 Å². The summed E-state index contributed by atoms with van der Waals surface area (Å²) >= 11 is 0. The van der Waals surface area contributed by atoms with Crippen LogP contribution < -0.4 is 10.6 Å². The molecule has 4 rings (SSSR count). The quantitative estimate of drug-likeness (QED) is 0.816. The van der Waals surface area contributed by atoms with Crippen molar-refractivity contribution >= 4 is 17.6 Å². The Bertz CT molecular complexity index is 669. The van der Waals surface area contributed by atoms with Gasteiger partial charge < -0.3 is 20.1 Å². The lowest BCUT2D eigenvalue weighted by Gasteiger charge is -2.35. The largest absolute Gasteiger partial charge is 0.360 e. The second kappa shape index (κ2) is 7.98. The summed E-state index contributed by atoms with van der Waals surface area (Å²) in [5.74, 6) is 1.92. The summed E-state index contributed by atoms with van der Waals surface area (Å²) in [5, 5.41) is 10.1. The van der Waals surface area contributed by atoms with Gasteiger partial charge in [-0.3, -0.25) is 14.5 Å². The first-order chi connectivity index (χ1) is 13.1. The van der Waals surface area contributed by atoms with E-state index in [9.17, 15) is 9.59 Å². The molecule has 1 aliphatic carbocycles. The van der Waals surface area contributed by atoms with Crippen LogP contribution in [-0.2, 0) is 9.59 Å². The lowest BCUT2D eigenvalue weighted by molar-refractivity contribution is -0.135. The predicted molar refractivity (Wildman–Crippen MR) is 100 cm³/mol. The van der Waals surface area contributed by atoms with Crippen molar-refractivity contribution in [3.63, 3.8) is 0 Å². The van der Waals surface area contributed by atoms with Gasteiger partial charge in [-0.1, -0.05) is 18.0 Å². The number of carbonyl (C=O) groups is 2. The average Bonchev–Trinajstić information content (AvgIpc) is 3.27. The summed E-state index contributed by atoms with van der Waals surface area (Å²) in [6.45, 7) is 4.89. The van der Waals surface area contributed by atoms with E-state index in [0.717, 1.165) is 19.5 Å². The Balaban J connectivity index is 1.21. The number of carbonyl (C=O) groups excluding carboxylic acids is 2. The number of anilines is 1. The van der Waals surface area contributed by atoms with Crippen molar-refractivity contribution in [1.82, 2.24) is 20.3 Å². The van der Waals surface area contributed by atoms with Crippen molar-refractivity contribution in [3.05, 3.63) is 11.8 Å². The van der Waals surface area contributed by atoms with Crippen LogP contribution >= 0.6 is 0 Å². The minimum absolute atomic E-state index is 0.0108. The summed E-state index contributed by atoms with van der Waals surface area (Å²) in [4.78, 5) is 29.0. The molecule has 3 heterocycles. The van der Waals surface area contributed by atoms with Crippen LogP contribution in [0.2, 0.25) is 0 Å². The Labute approximate surface area is 159 Å². The zero-order valence-electron chi connectivity index (χ0n) is 15.9. The van der Waals surface area contributed by atoms with Crippen LogP contribution in [0.1, 0.15) is 37.9 Å². The monoisotopic (exact) mass is 375 g/mol. The lowest BCUT2D eigenvalue weighted by Crippen LogP contribution is -2.54. The standard InChI is InChI=1S/C19H29N5O3/c1-13-10-17(22-27-13)21-18(25)12-23-6-8-24(9-7-23)19(26)16-11-14-4-2-3-5-15(14)20-16/h10,14-16,20H,2-9,11-12H2,1H3,(H,21,22,25). The highest BCUT2D eigenvalue weighted by Gasteiger charge is 2.40. The number of amides is 2. The number of hydrogen-bond acceptors (Lipinski definition) is 6. The van der Waals surface area contributed by atoms with E-state index < -0.39 is 0 Å². The molecule has 27 heavy (non-hydrogen) atoms. The summed E-state index contributed by atoms with van der Waals surface area (Å²) in [5.41, 5.74) is 0. The molecule has 0 bridgehead atoms. The molecule has 0 aromatic carbocycles. The van der Waals surface area contributed by atoms with Gasteiger partial charge in [0.15, 0.2) is 5.82 Å². The van der Waals surface area contributed by atoms with Crippen molar-refractivity contribution < 1.29 is 14.1 Å². The fourth-order valence-corrected chi connectivity index (χ4v) is 4.67. The lowest BCUT2D eigenvalue weighted by atomic mass is 9.85. The molecule has 8 nitrogen and oxygen atoms in total. The molecule has 1 aromatic heterocycles. The van der Waals surface area contributed by atoms with Crippen molar-refractivity contribution in [2.45, 2.75) is 51.1 Å². The fourth-order valence-electron chi connectivity index (χ4n) is 4.67. The van der Waals surface area contributed by atoms with Gasteiger partial charge in [-0.15, -0.1) is 0 Å². The van der Waals surface area contributed by atoms with Crippen LogP contribution in [0.4, 0.5) is 5.82 Å². The number of aryl methyl sites for hydroxylation is 1. The molecule has 0 radical (unpaired) electrons. The van der Waals surface area contributed by atoms with Gasteiger partial charge in [0.2, 0.25) is 11.8 Å². The van der Waals surface area contributed by atoms with E-state index in [-0.39, 0.29) is 17.9 Å². The van der Waals surface area contributed by atoms with Crippen molar-refractivity contribution in [3.8, 4) is 0 Å². The molecule has 2 saturated heterocycles. The Morgan fingerprint density at radius 1 is 1.26 bits per heavy atom. The van der Waals surface area contributed by atoms with Crippen LogP contribution in [-0.4, -0.2) is 71.6 Å². The molecule has 3 unspecified atom stereocenters. The minimum atomic E-state index is -0.107. The number of nitrogens with zero attached hydrogens (tertiary/aromatic N) is 3. The Hall–Kier alpha value is -1.93. The highest BCUT2D eigenvalue weighted by Crippen LogP contribution is 2.33. The number of fused-ring (bicyclic) bond motifs is 1. The van der Waals surface area contributed by atoms with E-state index >= 15 is 0 Å². The molecule has 2 amide bonds. The first kappa shape index (κ1) is 18.4. The third-order valence-electron chi connectivity index (χ3n) is 6.11. The van der Waals surface area contributed by atoms with Gasteiger partial charge in [0.25, 0.3) is 0 Å². The van der Waals surface area contributed by atoms with Gasteiger partial charge in [-0.05, 0) is 32.1 Å². The molecule has 3 aliphatic rings. The zero-order valence-corrected chi connectivity index (χ0v) is 15.9. The molecular formula is C19H29N5O3. The highest BCUT2D eigenvalue weighted by atomic mass is 16.5. The van der Waals surface area contributed by atoms with Crippen molar-refractivity contribution in [1.29, 1.82) is 0 Å². The van der Waals surface area contributed by atoms with E-state index in [1.807, 2.05) is 4.90 Å². The summed E-state index contributed by atoms with van der Waals surface area (Å²) < 4.78 is 4.95. The molecule has 8 heteroatoms. The molecule has 2 N–H and O–H groups in total. The molecule has 148 valence electrons. The number of nitrogens with one attached hydrogen (secondary N) is 2. The van der Waals surface area contributed by atoms with E-state index in [0.29, 0.717) is 43.2 Å². The second-order valence-corrected chi connectivity index (χ2v) is 8.08. The number of aromatic nitrogens is 1. The second-order valence-electron chi connectivity index (χ2n) is 8.08. The summed E-state index contributed by atoms with van der Waals surface area (Å²) in [6, 6.07) is 2.22. The molecule has 3 fully saturated rings. The van der Waals surface area contributed by atoms with E-state index in [2.05, 4.69) is 20.7 Å². The Morgan fingerprint density at radius 2 is 2.04 bits per heavy atom. The van der Waals surface area contributed by atoms with E-state index in [1.54, 1.807) is 13.0 Å². The normalized spacial score (nSPS) is 28.8. The predicted octanol–water partition coefficient (Wildman–Crippen LogP) is 0.986. The highest BCUT2D eigenvalue weighted by molar-refractivity contribution is 5.91. The third kappa shape index (κ3) is 4.32. The number of hydrogen-bond donors (Lipinski definition) is 2. The van der Waals surface area contributed by atoms with E-state index in [4.69, 9.17) is 4.52 Å². The zero-order chi connectivity index (χ0) is 18.8. The van der Waals surface area contributed by atoms with Gasteiger partial charge in [0.05, 0.1) is 12.6 Å². The van der Waals surface area contributed by atoms with Gasteiger partial charge in [-0.2, -0.15) is 0 Å². The van der Waals surface area contributed by atoms with Gasteiger partial charge >= 0.3 is 0 Å². The van der Waals surface area contributed by atoms with Crippen molar-refractivity contribution in [2.75, 3.05) is 38.0 Å².